The van der Waals surface area contributed by atoms with Crippen LogP contribution in [0.1, 0.15) is 25.8 Å². The Kier molecular flexibility index (Phi) is 7.55. The summed E-state index contributed by atoms with van der Waals surface area (Å²) in [7, 11) is -2.91. The van der Waals surface area contributed by atoms with E-state index in [9.17, 15) is 8.42 Å². The van der Waals surface area contributed by atoms with E-state index in [0.29, 0.717) is 19.7 Å². The zero-order chi connectivity index (χ0) is 15.0. The Morgan fingerprint density at radius 3 is 2.70 bits per heavy atom. The van der Waals surface area contributed by atoms with Crippen molar-refractivity contribution >= 4 is 25.8 Å². The summed E-state index contributed by atoms with van der Waals surface area (Å²) in [6.45, 7) is 5.46. The van der Waals surface area contributed by atoms with Crippen LogP contribution >= 0.6 is 15.9 Å². The second kappa shape index (κ2) is 8.64. The first kappa shape index (κ1) is 17.5. The number of hydrogen-bond acceptors (Lipinski definition) is 4. The molecule has 0 atom stereocenters. The highest BCUT2D eigenvalue weighted by Crippen LogP contribution is 2.23. The molecule has 0 aromatic heterocycles. The van der Waals surface area contributed by atoms with Crippen LogP contribution in [-0.4, -0.2) is 33.1 Å². The first-order valence-corrected chi connectivity index (χ1v) is 9.42. The summed E-state index contributed by atoms with van der Waals surface area (Å²) in [5, 5.41) is 3.16. The molecule has 0 spiro atoms. The molecule has 0 heterocycles. The molecule has 0 aliphatic carbocycles. The van der Waals surface area contributed by atoms with Crippen LogP contribution in [0.25, 0.3) is 0 Å². The Hall–Kier alpha value is -0.590. The van der Waals surface area contributed by atoms with Gasteiger partial charge in [-0.2, -0.15) is 0 Å². The molecule has 0 radical (unpaired) electrons. The fourth-order valence-corrected chi connectivity index (χ4v) is 2.79. The van der Waals surface area contributed by atoms with E-state index >= 15 is 0 Å². The fraction of sp³-hybridized carbons (Fsp3) is 0.571. The quantitative estimate of drug-likeness (QED) is 0.685. The summed E-state index contributed by atoms with van der Waals surface area (Å²) in [6.07, 6.45) is 0.956. The molecule has 1 N–H and O–H groups in total. The average Bonchev–Trinajstić information content (AvgIpc) is 2.42. The highest BCUT2D eigenvalue weighted by molar-refractivity contribution is 9.10. The molecule has 4 nitrogen and oxygen atoms in total. The number of ether oxygens (including phenoxy) is 1. The second-order valence-electron chi connectivity index (χ2n) is 4.51. The third-order valence-corrected chi connectivity index (χ3v) is 5.03. The van der Waals surface area contributed by atoms with Crippen molar-refractivity contribution in [1.29, 1.82) is 0 Å². The van der Waals surface area contributed by atoms with Crippen LogP contribution in [0.5, 0.6) is 5.75 Å². The minimum absolute atomic E-state index is 0.169. The lowest BCUT2D eigenvalue weighted by atomic mass is 10.2. The Labute approximate surface area is 130 Å². The summed E-state index contributed by atoms with van der Waals surface area (Å²) in [4.78, 5) is 0. The lowest BCUT2D eigenvalue weighted by Gasteiger charge is -2.12. The monoisotopic (exact) mass is 363 g/mol. The number of sulfone groups is 1. The summed E-state index contributed by atoms with van der Waals surface area (Å²) >= 11 is 3.44. The van der Waals surface area contributed by atoms with Crippen molar-refractivity contribution in [2.75, 3.05) is 24.7 Å². The van der Waals surface area contributed by atoms with Crippen LogP contribution in [0.2, 0.25) is 0 Å². The predicted molar refractivity (Wildman–Crippen MR) is 86.0 cm³/mol. The molecule has 1 rings (SSSR count). The summed E-state index contributed by atoms with van der Waals surface area (Å²) in [5.41, 5.74) is 1.03. The van der Waals surface area contributed by atoms with Crippen LogP contribution in [-0.2, 0) is 16.4 Å². The molecular weight excluding hydrogens is 342 g/mol. The second-order valence-corrected chi connectivity index (χ2v) is 7.90. The number of halogens is 1. The van der Waals surface area contributed by atoms with E-state index in [1.807, 2.05) is 18.2 Å². The third kappa shape index (κ3) is 6.24. The van der Waals surface area contributed by atoms with E-state index in [2.05, 4.69) is 28.2 Å². The first-order chi connectivity index (χ1) is 9.48. The zero-order valence-electron chi connectivity index (χ0n) is 12.0. The zero-order valence-corrected chi connectivity index (χ0v) is 14.4. The highest BCUT2D eigenvalue weighted by Gasteiger charge is 2.08. The molecule has 0 fully saturated rings. The van der Waals surface area contributed by atoms with Gasteiger partial charge < -0.3 is 10.1 Å². The van der Waals surface area contributed by atoms with Crippen molar-refractivity contribution in [2.24, 2.45) is 0 Å². The molecule has 0 aliphatic heterocycles. The maximum atomic E-state index is 11.4. The normalized spacial score (nSPS) is 11.6. The van der Waals surface area contributed by atoms with E-state index in [4.69, 9.17) is 4.74 Å². The van der Waals surface area contributed by atoms with Gasteiger partial charge in [-0.05, 0) is 24.6 Å². The first-order valence-electron chi connectivity index (χ1n) is 6.81. The van der Waals surface area contributed by atoms with Gasteiger partial charge in [-0.1, -0.05) is 29.8 Å². The molecule has 0 unspecified atom stereocenters. The summed E-state index contributed by atoms with van der Waals surface area (Å²) in [6, 6.07) is 5.86. The Morgan fingerprint density at radius 1 is 1.30 bits per heavy atom. The smallest absolute Gasteiger partial charge is 0.151 e. The van der Waals surface area contributed by atoms with Crippen LogP contribution in [0.4, 0.5) is 0 Å². The van der Waals surface area contributed by atoms with Gasteiger partial charge in [0.1, 0.15) is 5.75 Å². The van der Waals surface area contributed by atoms with Gasteiger partial charge in [0, 0.05) is 28.9 Å². The maximum absolute atomic E-state index is 11.4. The van der Waals surface area contributed by atoms with Crippen molar-refractivity contribution in [3.05, 3.63) is 28.2 Å². The number of rotatable bonds is 9. The lowest BCUT2D eigenvalue weighted by molar-refractivity contribution is 0.313. The number of nitrogens with one attached hydrogen (secondary N) is 1. The van der Waals surface area contributed by atoms with Gasteiger partial charge >= 0.3 is 0 Å². The summed E-state index contributed by atoms with van der Waals surface area (Å²) < 4.78 is 29.5. The largest absolute Gasteiger partial charge is 0.493 e. The molecule has 0 saturated carbocycles. The lowest BCUT2D eigenvalue weighted by Crippen LogP contribution is -2.23. The molecular formula is C14H22BrNO3S. The van der Waals surface area contributed by atoms with Crippen molar-refractivity contribution in [3.63, 3.8) is 0 Å². The molecule has 0 saturated heterocycles. The standard InChI is InChI=1S/C14H22BrNO3S/c1-3-8-19-14-6-5-13(15)10-12(14)11-16-7-9-20(17,18)4-2/h5-6,10,16H,3-4,7-9,11H2,1-2H3. The van der Waals surface area contributed by atoms with Crippen molar-refractivity contribution in [1.82, 2.24) is 5.32 Å². The van der Waals surface area contributed by atoms with Gasteiger partial charge in [-0.15, -0.1) is 0 Å². The SMILES string of the molecule is CCCOc1ccc(Br)cc1CNCCS(=O)(=O)CC. The van der Waals surface area contributed by atoms with Gasteiger partial charge in [-0.25, -0.2) is 8.42 Å². The van der Waals surface area contributed by atoms with Gasteiger partial charge in [0.15, 0.2) is 9.84 Å². The topological polar surface area (TPSA) is 55.4 Å². The average molecular weight is 364 g/mol. The molecule has 114 valence electrons. The summed E-state index contributed by atoms with van der Waals surface area (Å²) in [5.74, 6) is 1.21. The van der Waals surface area contributed by atoms with E-state index < -0.39 is 9.84 Å². The molecule has 1 aromatic rings. The van der Waals surface area contributed by atoms with Gasteiger partial charge in [0.05, 0.1) is 12.4 Å². The van der Waals surface area contributed by atoms with E-state index in [0.717, 1.165) is 22.2 Å². The Balaban J connectivity index is 2.55. The highest BCUT2D eigenvalue weighted by atomic mass is 79.9. The molecule has 0 amide bonds. The third-order valence-electron chi connectivity index (χ3n) is 2.83. The van der Waals surface area contributed by atoms with E-state index in [1.165, 1.54) is 0 Å². The maximum Gasteiger partial charge on any atom is 0.151 e. The molecule has 1 aromatic carbocycles. The minimum atomic E-state index is -2.91. The van der Waals surface area contributed by atoms with Gasteiger partial charge in [0.2, 0.25) is 0 Å². The van der Waals surface area contributed by atoms with Crippen LogP contribution in [0.3, 0.4) is 0 Å². The fourth-order valence-electron chi connectivity index (χ4n) is 1.63. The number of benzene rings is 1. The van der Waals surface area contributed by atoms with Crippen LogP contribution in [0.15, 0.2) is 22.7 Å². The van der Waals surface area contributed by atoms with Crippen LogP contribution in [0, 0.1) is 0 Å². The molecule has 0 bridgehead atoms. The van der Waals surface area contributed by atoms with Crippen molar-refractivity contribution in [2.45, 2.75) is 26.8 Å². The number of hydrogen-bond donors (Lipinski definition) is 1. The molecule has 0 aliphatic rings. The van der Waals surface area contributed by atoms with E-state index in [-0.39, 0.29) is 11.5 Å². The van der Waals surface area contributed by atoms with Crippen molar-refractivity contribution < 1.29 is 13.2 Å². The van der Waals surface area contributed by atoms with E-state index in [1.54, 1.807) is 6.92 Å². The molecule has 6 heteroatoms. The van der Waals surface area contributed by atoms with Crippen molar-refractivity contribution in [3.8, 4) is 5.75 Å². The Morgan fingerprint density at radius 2 is 2.05 bits per heavy atom. The predicted octanol–water partition coefficient (Wildman–Crippen LogP) is 2.76. The van der Waals surface area contributed by atoms with Gasteiger partial charge in [-0.3, -0.25) is 0 Å². The van der Waals surface area contributed by atoms with Gasteiger partial charge in [0.25, 0.3) is 0 Å². The Bertz CT molecular complexity index is 517. The molecule has 20 heavy (non-hydrogen) atoms. The minimum Gasteiger partial charge on any atom is -0.493 e. The van der Waals surface area contributed by atoms with Crippen LogP contribution < -0.4 is 10.1 Å².